The lowest BCUT2D eigenvalue weighted by atomic mass is 10.2. The molecule has 4 nitrogen and oxygen atoms in total. The first-order chi connectivity index (χ1) is 7.36. The molecule has 0 saturated heterocycles. The number of aryl methyl sites for hydroxylation is 1. The zero-order valence-electron chi connectivity index (χ0n) is 8.75. The maximum Gasteiger partial charge on any atom is 0.451 e. The molecule has 1 heterocycles. The molecule has 90 valence electrons. The van der Waals surface area contributed by atoms with Crippen molar-refractivity contribution < 1.29 is 23.0 Å². The molecule has 0 fully saturated rings. The molecule has 16 heavy (non-hydrogen) atoms. The van der Waals surface area contributed by atoms with E-state index in [9.17, 15) is 18.3 Å². The highest BCUT2D eigenvalue weighted by Gasteiger charge is 2.35. The van der Waals surface area contributed by atoms with Crippen LogP contribution >= 0.6 is 0 Å². The predicted octanol–water partition coefficient (Wildman–Crippen LogP) is 1.83. The van der Waals surface area contributed by atoms with E-state index >= 15 is 0 Å². The Bertz CT molecular complexity index is 368. The van der Waals surface area contributed by atoms with Crippen molar-refractivity contribution in [3.8, 4) is 0 Å². The van der Waals surface area contributed by atoms with Crippen molar-refractivity contribution in [1.82, 2.24) is 9.97 Å². The van der Waals surface area contributed by atoms with Crippen molar-refractivity contribution in [1.29, 1.82) is 0 Å². The zero-order chi connectivity index (χ0) is 12.3. The van der Waals surface area contributed by atoms with Gasteiger partial charge in [-0.3, -0.25) is 0 Å². The van der Waals surface area contributed by atoms with Gasteiger partial charge in [0.2, 0.25) is 5.82 Å². The first-order valence-corrected chi connectivity index (χ1v) is 4.56. The molecule has 0 spiro atoms. The van der Waals surface area contributed by atoms with Crippen LogP contribution in [0.1, 0.15) is 30.3 Å². The Morgan fingerprint density at radius 2 is 2.12 bits per heavy atom. The van der Waals surface area contributed by atoms with Gasteiger partial charge in [-0.1, -0.05) is 0 Å². The van der Waals surface area contributed by atoms with E-state index < -0.39 is 18.3 Å². The third kappa shape index (κ3) is 2.89. The lowest BCUT2D eigenvalue weighted by Gasteiger charge is -2.13. The van der Waals surface area contributed by atoms with Crippen molar-refractivity contribution in [2.24, 2.45) is 0 Å². The van der Waals surface area contributed by atoms with E-state index in [0.717, 1.165) is 6.20 Å². The summed E-state index contributed by atoms with van der Waals surface area (Å²) in [5.74, 6) is -1.22. The standard InChI is InChI=1S/C9H11F3N2O2/c1-3-16-7(15)6-4-13-8(9(10,11)12)14-5(6)2/h4,7,15H,3H2,1-2H3. The fraction of sp³-hybridized carbons (Fsp3) is 0.556. The molecular formula is C9H11F3N2O2. The molecular weight excluding hydrogens is 225 g/mol. The van der Waals surface area contributed by atoms with E-state index in [1.807, 2.05) is 0 Å². The number of hydrogen-bond donors (Lipinski definition) is 1. The summed E-state index contributed by atoms with van der Waals surface area (Å²) in [6, 6.07) is 0. The van der Waals surface area contributed by atoms with Crippen LogP contribution in [0, 0.1) is 6.92 Å². The number of nitrogens with zero attached hydrogens (tertiary/aromatic N) is 2. The van der Waals surface area contributed by atoms with Crippen molar-refractivity contribution in [2.45, 2.75) is 26.3 Å². The summed E-state index contributed by atoms with van der Waals surface area (Å²) in [4.78, 5) is 6.41. The van der Waals surface area contributed by atoms with Crippen LogP contribution in [0.5, 0.6) is 0 Å². The van der Waals surface area contributed by atoms with Crippen LogP contribution in [-0.2, 0) is 10.9 Å². The minimum atomic E-state index is -4.58. The average molecular weight is 236 g/mol. The van der Waals surface area contributed by atoms with Crippen LogP contribution in [0.3, 0.4) is 0 Å². The monoisotopic (exact) mass is 236 g/mol. The molecule has 1 aromatic rings. The van der Waals surface area contributed by atoms with Crippen LogP contribution < -0.4 is 0 Å². The SMILES string of the molecule is CCOC(O)c1cnc(C(F)(F)F)nc1C. The molecule has 0 bridgehead atoms. The van der Waals surface area contributed by atoms with Crippen molar-refractivity contribution in [3.05, 3.63) is 23.3 Å². The Morgan fingerprint density at radius 1 is 1.50 bits per heavy atom. The minimum Gasteiger partial charge on any atom is -0.364 e. The predicted molar refractivity (Wildman–Crippen MR) is 48.4 cm³/mol. The van der Waals surface area contributed by atoms with E-state index in [0.29, 0.717) is 0 Å². The fourth-order valence-corrected chi connectivity index (χ4v) is 1.10. The molecule has 1 N–H and O–H groups in total. The van der Waals surface area contributed by atoms with Gasteiger partial charge in [-0.25, -0.2) is 9.97 Å². The number of aliphatic hydroxyl groups is 1. The number of aliphatic hydroxyl groups excluding tert-OH is 1. The zero-order valence-corrected chi connectivity index (χ0v) is 8.75. The van der Waals surface area contributed by atoms with E-state index in [-0.39, 0.29) is 17.9 Å². The largest absolute Gasteiger partial charge is 0.451 e. The number of aromatic nitrogens is 2. The number of halogens is 3. The van der Waals surface area contributed by atoms with Gasteiger partial charge in [0.25, 0.3) is 0 Å². The summed E-state index contributed by atoms with van der Waals surface area (Å²) in [5.41, 5.74) is 0.179. The van der Waals surface area contributed by atoms with Crippen molar-refractivity contribution in [2.75, 3.05) is 6.61 Å². The van der Waals surface area contributed by atoms with Crippen molar-refractivity contribution >= 4 is 0 Å². The maximum absolute atomic E-state index is 12.2. The molecule has 0 aliphatic heterocycles. The quantitative estimate of drug-likeness (QED) is 0.813. The highest BCUT2D eigenvalue weighted by Crippen LogP contribution is 2.27. The second-order valence-electron chi connectivity index (χ2n) is 3.04. The van der Waals surface area contributed by atoms with E-state index in [4.69, 9.17) is 4.74 Å². The maximum atomic E-state index is 12.2. The van der Waals surface area contributed by atoms with Crippen LogP contribution in [-0.4, -0.2) is 21.7 Å². The van der Waals surface area contributed by atoms with Crippen LogP contribution in [0.4, 0.5) is 13.2 Å². The molecule has 0 saturated carbocycles. The van der Waals surface area contributed by atoms with Crippen molar-refractivity contribution in [3.63, 3.8) is 0 Å². The lowest BCUT2D eigenvalue weighted by molar-refractivity contribution is -0.145. The molecule has 0 aliphatic rings. The van der Waals surface area contributed by atoms with E-state index in [1.165, 1.54) is 6.92 Å². The third-order valence-corrected chi connectivity index (χ3v) is 1.86. The third-order valence-electron chi connectivity index (χ3n) is 1.86. The number of alkyl halides is 3. The van der Waals surface area contributed by atoms with Gasteiger partial charge in [0.05, 0.1) is 0 Å². The number of ether oxygens (including phenoxy) is 1. The Morgan fingerprint density at radius 3 is 2.56 bits per heavy atom. The van der Waals surface area contributed by atoms with Gasteiger partial charge in [-0.05, 0) is 13.8 Å². The Kier molecular flexibility index (Phi) is 3.82. The normalized spacial score (nSPS) is 13.9. The van der Waals surface area contributed by atoms with Crippen LogP contribution in [0.25, 0.3) is 0 Å². The number of hydrogen-bond acceptors (Lipinski definition) is 4. The van der Waals surface area contributed by atoms with Gasteiger partial charge in [0.15, 0.2) is 6.29 Å². The molecule has 0 aromatic carbocycles. The van der Waals surface area contributed by atoms with Gasteiger partial charge in [-0.2, -0.15) is 13.2 Å². The van der Waals surface area contributed by atoms with Crippen LogP contribution in [0.2, 0.25) is 0 Å². The summed E-state index contributed by atoms with van der Waals surface area (Å²) in [5, 5.41) is 9.41. The van der Waals surface area contributed by atoms with Gasteiger partial charge < -0.3 is 9.84 Å². The smallest absolute Gasteiger partial charge is 0.364 e. The highest BCUT2D eigenvalue weighted by molar-refractivity contribution is 5.18. The molecule has 0 radical (unpaired) electrons. The Labute approximate surface area is 90.1 Å². The average Bonchev–Trinajstić information content (AvgIpc) is 2.16. The highest BCUT2D eigenvalue weighted by atomic mass is 19.4. The fourth-order valence-electron chi connectivity index (χ4n) is 1.10. The first-order valence-electron chi connectivity index (χ1n) is 4.56. The molecule has 1 atom stereocenters. The molecule has 7 heteroatoms. The summed E-state index contributed by atoms with van der Waals surface area (Å²) < 4.78 is 41.5. The van der Waals surface area contributed by atoms with E-state index in [1.54, 1.807) is 6.92 Å². The minimum absolute atomic E-state index is 0.0447. The van der Waals surface area contributed by atoms with Crippen LogP contribution in [0.15, 0.2) is 6.20 Å². The summed E-state index contributed by atoms with van der Waals surface area (Å²) in [6.45, 7) is 3.25. The van der Waals surface area contributed by atoms with Gasteiger partial charge in [0, 0.05) is 24.1 Å². The van der Waals surface area contributed by atoms with Gasteiger partial charge in [-0.15, -0.1) is 0 Å². The second-order valence-corrected chi connectivity index (χ2v) is 3.04. The van der Waals surface area contributed by atoms with Gasteiger partial charge in [0.1, 0.15) is 0 Å². The molecule has 0 aliphatic carbocycles. The number of rotatable bonds is 3. The Balaban J connectivity index is 3.00. The second kappa shape index (κ2) is 4.75. The summed E-state index contributed by atoms with van der Waals surface area (Å²) in [6.07, 6.45) is -4.96. The molecule has 0 amide bonds. The van der Waals surface area contributed by atoms with Gasteiger partial charge >= 0.3 is 6.18 Å². The molecule has 1 rings (SSSR count). The molecule has 1 unspecified atom stereocenters. The first kappa shape index (κ1) is 12.9. The van der Waals surface area contributed by atoms with E-state index in [2.05, 4.69) is 9.97 Å². The lowest BCUT2D eigenvalue weighted by Crippen LogP contribution is -2.14. The topological polar surface area (TPSA) is 55.2 Å². The summed E-state index contributed by atoms with van der Waals surface area (Å²) >= 11 is 0. The summed E-state index contributed by atoms with van der Waals surface area (Å²) in [7, 11) is 0. The Hall–Kier alpha value is -1.21. The molecule has 1 aromatic heterocycles.